The summed E-state index contributed by atoms with van der Waals surface area (Å²) in [5.74, 6) is -1.05. The molecule has 0 fully saturated rings. The molecule has 0 aliphatic carbocycles. The molecule has 0 saturated carbocycles. The Kier molecular flexibility index (Phi) is 9.73. The summed E-state index contributed by atoms with van der Waals surface area (Å²) >= 11 is 0. The molecule has 0 rings (SSSR count). The molecule has 124 valence electrons. The van der Waals surface area contributed by atoms with Gasteiger partial charge in [0.15, 0.2) is 0 Å². The van der Waals surface area contributed by atoms with E-state index >= 15 is 0 Å². The number of ether oxygens (including phenoxy) is 2. The monoisotopic (exact) mass is 304 g/mol. The van der Waals surface area contributed by atoms with Crippen molar-refractivity contribution in [3.63, 3.8) is 0 Å². The number of hydrogen-bond donors (Lipinski definition) is 2. The van der Waals surface area contributed by atoms with Gasteiger partial charge in [-0.25, -0.2) is 9.59 Å². The van der Waals surface area contributed by atoms with Crippen molar-refractivity contribution in [2.24, 2.45) is 0 Å². The molecule has 0 aromatic carbocycles. The summed E-state index contributed by atoms with van der Waals surface area (Å²) in [6.07, 6.45) is 0.304. The Balaban J connectivity index is 4.63. The van der Waals surface area contributed by atoms with Crippen LogP contribution in [-0.4, -0.2) is 67.1 Å². The van der Waals surface area contributed by atoms with Gasteiger partial charge in [-0.2, -0.15) is 0 Å². The van der Waals surface area contributed by atoms with Gasteiger partial charge < -0.3 is 24.8 Å². The summed E-state index contributed by atoms with van der Waals surface area (Å²) in [6, 6.07) is -0.416. The van der Waals surface area contributed by atoms with Crippen LogP contribution in [0.2, 0.25) is 0 Å². The van der Waals surface area contributed by atoms with Gasteiger partial charge >= 0.3 is 12.0 Å². The number of rotatable bonds is 11. The average Bonchev–Trinajstić information content (AvgIpc) is 2.45. The van der Waals surface area contributed by atoms with Crippen molar-refractivity contribution < 1.29 is 24.2 Å². The first kappa shape index (κ1) is 19.7. The minimum absolute atomic E-state index is 0.304. The van der Waals surface area contributed by atoms with Crippen LogP contribution in [0.25, 0.3) is 0 Å². The quantitative estimate of drug-likeness (QED) is 0.562. The molecule has 0 aromatic rings. The second-order valence-corrected chi connectivity index (χ2v) is 4.80. The maximum Gasteiger partial charge on any atom is 0.329 e. The topological polar surface area (TPSA) is 88.1 Å². The van der Waals surface area contributed by atoms with E-state index in [1.807, 2.05) is 13.8 Å². The number of nitrogens with one attached hydrogen (secondary N) is 1. The predicted molar refractivity (Wildman–Crippen MR) is 79.4 cm³/mol. The molecule has 0 bridgehead atoms. The Morgan fingerprint density at radius 1 is 1.10 bits per heavy atom. The molecule has 2 N–H and O–H groups in total. The van der Waals surface area contributed by atoms with Crippen LogP contribution >= 0.6 is 0 Å². The Hall–Kier alpha value is -1.34. The lowest BCUT2D eigenvalue weighted by molar-refractivity contribution is -0.143. The van der Waals surface area contributed by atoms with Crippen molar-refractivity contribution >= 4 is 12.0 Å². The summed E-state index contributed by atoms with van der Waals surface area (Å²) in [7, 11) is 0. The lowest BCUT2D eigenvalue weighted by Gasteiger charge is -2.30. The van der Waals surface area contributed by atoms with Crippen LogP contribution in [0.15, 0.2) is 0 Å². The minimum atomic E-state index is -1.27. The minimum Gasteiger partial charge on any atom is -0.480 e. The van der Waals surface area contributed by atoms with Crippen LogP contribution in [0.5, 0.6) is 0 Å². The zero-order valence-corrected chi connectivity index (χ0v) is 13.5. The number of amides is 2. The first-order chi connectivity index (χ1) is 9.91. The highest BCUT2D eigenvalue weighted by Gasteiger charge is 2.34. The molecule has 1 unspecified atom stereocenters. The molecule has 2 amide bonds. The van der Waals surface area contributed by atoms with Crippen LogP contribution < -0.4 is 5.32 Å². The third-order valence-corrected chi connectivity index (χ3v) is 3.27. The number of hydrogen-bond acceptors (Lipinski definition) is 4. The van der Waals surface area contributed by atoms with Gasteiger partial charge in [0.1, 0.15) is 5.54 Å². The molecule has 0 heterocycles. The molecular weight excluding hydrogens is 276 g/mol. The third-order valence-electron chi connectivity index (χ3n) is 3.27. The predicted octanol–water partition coefficient (Wildman–Crippen LogP) is 1.32. The zero-order chi connectivity index (χ0) is 16.3. The zero-order valence-electron chi connectivity index (χ0n) is 13.5. The van der Waals surface area contributed by atoms with E-state index in [4.69, 9.17) is 9.47 Å². The summed E-state index contributed by atoms with van der Waals surface area (Å²) in [4.78, 5) is 25.0. The van der Waals surface area contributed by atoms with Crippen molar-refractivity contribution in [1.82, 2.24) is 10.2 Å². The molecule has 7 heteroatoms. The maximum atomic E-state index is 12.3. The summed E-state index contributed by atoms with van der Waals surface area (Å²) in [5, 5.41) is 11.8. The molecule has 7 nitrogen and oxygen atoms in total. The highest BCUT2D eigenvalue weighted by molar-refractivity contribution is 5.85. The standard InChI is InChI=1S/C14H28N2O5/c1-5-14(4,12(17)18)15-13(19)16(8-10-20-6-2)9-11-21-7-3/h5-11H2,1-4H3,(H,15,19)(H,17,18). The molecule has 0 radical (unpaired) electrons. The summed E-state index contributed by atoms with van der Waals surface area (Å²) in [6.45, 7) is 9.73. The number of carboxylic acids is 1. The Labute approximate surface area is 126 Å². The van der Waals surface area contributed by atoms with Crippen LogP contribution in [-0.2, 0) is 14.3 Å². The highest BCUT2D eigenvalue weighted by atomic mass is 16.5. The number of urea groups is 1. The first-order valence-electron chi connectivity index (χ1n) is 7.37. The number of carboxylic acid groups (broad SMARTS) is 1. The molecule has 0 saturated heterocycles. The summed E-state index contributed by atoms with van der Waals surface area (Å²) < 4.78 is 10.5. The Morgan fingerprint density at radius 2 is 1.57 bits per heavy atom. The fourth-order valence-electron chi connectivity index (χ4n) is 1.56. The number of carbonyl (C=O) groups is 2. The molecule has 0 aromatic heterocycles. The van der Waals surface area contributed by atoms with Crippen molar-refractivity contribution in [3.8, 4) is 0 Å². The molecule has 0 aliphatic rings. The highest BCUT2D eigenvalue weighted by Crippen LogP contribution is 2.10. The van der Waals surface area contributed by atoms with Gasteiger partial charge in [-0.05, 0) is 27.2 Å². The van der Waals surface area contributed by atoms with Crippen LogP contribution in [0.4, 0.5) is 4.79 Å². The van der Waals surface area contributed by atoms with Crippen LogP contribution in [0.3, 0.4) is 0 Å². The third kappa shape index (κ3) is 7.29. The number of nitrogens with zero attached hydrogens (tertiary/aromatic N) is 1. The molecule has 0 spiro atoms. The summed E-state index contributed by atoms with van der Waals surface area (Å²) in [5.41, 5.74) is -1.27. The van der Waals surface area contributed by atoms with Crippen LogP contribution in [0.1, 0.15) is 34.1 Å². The lowest BCUT2D eigenvalue weighted by Crippen LogP contribution is -2.56. The van der Waals surface area contributed by atoms with Crippen molar-refractivity contribution in [2.45, 2.75) is 39.7 Å². The first-order valence-corrected chi connectivity index (χ1v) is 7.37. The van der Waals surface area contributed by atoms with E-state index < -0.39 is 17.5 Å². The number of aliphatic carboxylic acids is 1. The van der Waals surface area contributed by atoms with Gasteiger partial charge in [0.05, 0.1) is 13.2 Å². The van der Waals surface area contributed by atoms with E-state index in [-0.39, 0.29) is 0 Å². The molecule has 0 aliphatic heterocycles. The van der Waals surface area contributed by atoms with E-state index in [0.29, 0.717) is 45.9 Å². The van der Waals surface area contributed by atoms with Crippen molar-refractivity contribution in [2.75, 3.05) is 39.5 Å². The van der Waals surface area contributed by atoms with Gasteiger partial charge in [0.2, 0.25) is 0 Å². The average molecular weight is 304 g/mol. The van der Waals surface area contributed by atoms with E-state index in [2.05, 4.69) is 5.32 Å². The van der Waals surface area contributed by atoms with Gasteiger partial charge in [-0.3, -0.25) is 0 Å². The second kappa shape index (κ2) is 10.4. The second-order valence-electron chi connectivity index (χ2n) is 4.80. The maximum absolute atomic E-state index is 12.3. The fraction of sp³-hybridized carbons (Fsp3) is 0.857. The van der Waals surface area contributed by atoms with E-state index in [0.717, 1.165) is 0 Å². The SMILES string of the molecule is CCOCCN(CCOCC)C(=O)NC(C)(CC)C(=O)O. The van der Waals surface area contributed by atoms with E-state index in [1.54, 1.807) is 6.92 Å². The van der Waals surface area contributed by atoms with E-state index in [9.17, 15) is 14.7 Å². The van der Waals surface area contributed by atoms with Crippen molar-refractivity contribution in [3.05, 3.63) is 0 Å². The molecule has 1 atom stereocenters. The van der Waals surface area contributed by atoms with E-state index in [1.165, 1.54) is 11.8 Å². The van der Waals surface area contributed by atoms with Crippen LogP contribution in [0, 0.1) is 0 Å². The van der Waals surface area contributed by atoms with Gasteiger partial charge in [-0.15, -0.1) is 0 Å². The largest absolute Gasteiger partial charge is 0.480 e. The van der Waals surface area contributed by atoms with Crippen molar-refractivity contribution in [1.29, 1.82) is 0 Å². The number of carbonyl (C=O) groups excluding carboxylic acids is 1. The van der Waals surface area contributed by atoms with Gasteiger partial charge in [0, 0.05) is 26.3 Å². The molecule has 21 heavy (non-hydrogen) atoms. The normalized spacial score (nSPS) is 13.5. The van der Waals surface area contributed by atoms with Gasteiger partial charge in [-0.1, -0.05) is 6.92 Å². The Morgan fingerprint density at radius 3 is 1.90 bits per heavy atom. The van der Waals surface area contributed by atoms with Gasteiger partial charge in [0.25, 0.3) is 0 Å². The fourth-order valence-corrected chi connectivity index (χ4v) is 1.56. The lowest BCUT2D eigenvalue weighted by atomic mass is 10.00. The smallest absolute Gasteiger partial charge is 0.329 e. The molecular formula is C14H28N2O5. The Bertz CT molecular complexity index is 314.